The fourth-order valence-electron chi connectivity index (χ4n) is 2.26. The summed E-state index contributed by atoms with van der Waals surface area (Å²) in [5, 5.41) is 21.2. The van der Waals surface area contributed by atoms with Crippen LogP contribution in [-0.4, -0.2) is 60.5 Å². The SMILES string of the molecule is O=C(O)NC[C@@H]1CCCNC1.O=Cc1cc2c(nn1)OCCO2. The zero-order valence-corrected chi connectivity index (χ0v) is 12.7. The van der Waals surface area contributed by atoms with Crippen LogP contribution < -0.4 is 20.1 Å². The van der Waals surface area contributed by atoms with Crippen LogP contribution in [0.3, 0.4) is 0 Å². The number of carbonyl (C=O) groups excluding carboxylic acids is 1. The molecule has 9 heteroatoms. The van der Waals surface area contributed by atoms with E-state index < -0.39 is 6.09 Å². The molecule has 0 aromatic carbocycles. The molecule has 1 aromatic rings. The largest absolute Gasteiger partial charge is 0.484 e. The van der Waals surface area contributed by atoms with Gasteiger partial charge < -0.3 is 25.2 Å². The van der Waals surface area contributed by atoms with Crippen molar-refractivity contribution in [3.05, 3.63) is 11.8 Å². The quantitative estimate of drug-likeness (QED) is 0.679. The minimum atomic E-state index is -0.921. The van der Waals surface area contributed by atoms with Crippen LogP contribution in [0.4, 0.5) is 4.79 Å². The maximum atomic E-state index is 10.3. The van der Waals surface area contributed by atoms with Gasteiger partial charge in [-0.3, -0.25) is 4.79 Å². The second kappa shape index (κ2) is 8.89. The van der Waals surface area contributed by atoms with Crippen molar-refractivity contribution in [2.75, 3.05) is 32.8 Å². The molecule has 0 unspecified atom stereocenters. The van der Waals surface area contributed by atoms with Crippen LogP contribution in [-0.2, 0) is 0 Å². The molecule has 0 spiro atoms. The Labute approximate surface area is 133 Å². The molecule has 0 bridgehead atoms. The van der Waals surface area contributed by atoms with Crippen LogP contribution in [0.5, 0.6) is 11.6 Å². The topological polar surface area (TPSA) is 123 Å². The number of carbonyl (C=O) groups is 2. The molecule has 3 N–H and O–H groups in total. The van der Waals surface area contributed by atoms with E-state index in [-0.39, 0.29) is 5.69 Å². The molecule has 0 radical (unpaired) electrons. The number of hydrogen-bond donors (Lipinski definition) is 3. The number of rotatable bonds is 3. The van der Waals surface area contributed by atoms with Crippen molar-refractivity contribution < 1.29 is 24.2 Å². The maximum Gasteiger partial charge on any atom is 0.404 e. The number of aldehydes is 1. The number of carboxylic acid groups (broad SMARTS) is 1. The van der Waals surface area contributed by atoms with Crippen LogP contribution in [0.25, 0.3) is 0 Å². The third kappa shape index (κ3) is 5.70. The Balaban J connectivity index is 0.000000168. The molecule has 0 aliphatic carbocycles. The van der Waals surface area contributed by atoms with Crippen molar-refractivity contribution in [3.63, 3.8) is 0 Å². The zero-order valence-electron chi connectivity index (χ0n) is 12.7. The minimum Gasteiger partial charge on any atom is -0.484 e. The van der Waals surface area contributed by atoms with Gasteiger partial charge >= 0.3 is 6.09 Å². The van der Waals surface area contributed by atoms with Crippen molar-refractivity contribution in [3.8, 4) is 11.6 Å². The highest BCUT2D eigenvalue weighted by Gasteiger charge is 2.14. The van der Waals surface area contributed by atoms with Gasteiger partial charge in [-0.25, -0.2) is 4.79 Å². The summed E-state index contributed by atoms with van der Waals surface area (Å²) in [6.45, 7) is 3.56. The molecule has 1 atom stereocenters. The number of hydrogen-bond acceptors (Lipinski definition) is 7. The zero-order chi connectivity index (χ0) is 16.5. The molecule has 1 fully saturated rings. The van der Waals surface area contributed by atoms with E-state index in [2.05, 4.69) is 20.8 Å². The first-order chi connectivity index (χ1) is 11.2. The van der Waals surface area contributed by atoms with Crippen LogP contribution in [0.2, 0.25) is 0 Å². The van der Waals surface area contributed by atoms with Gasteiger partial charge in [-0.1, -0.05) is 0 Å². The molecule has 1 saturated heterocycles. The van der Waals surface area contributed by atoms with E-state index in [0.29, 0.717) is 43.6 Å². The Morgan fingerprint density at radius 2 is 2.26 bits per heavy atom. The molecule has 3 heterocycles. The first-order valence-corrected chi connectivity index (χ1v) is 7.45. The van der Waals surface area contributed by atoms with Gasteiger partial charge in [0.1, 0.15) is 18.9 Å². The Morgan fingerprint density at radius 3 is 2.96 bits per heavy atom. The summed E-state index contributed by atoms with van der Waals surface area (Å²) in [5.74, 6) is 1.32. The number of amides is 1. The Morgan fingerprint density at radius 1 is 1.43 bits per heavy atom. The van der Waals surface area contributed by atoms with Gasteiger partial charge in [0.25, 0.3) is 5.88 Å². The van der Waals surface area contributed by atoms with E-state index in [4.69, 9.17) is 14.6 Å². The molecule has 2 aliphatic heterocycles. The lowest BCUT2D eigenvalue weighted by molar-refractivity contribution is 0.111. The third-order valence-corrected chi connectivity index (χ3v) is 3.39. The van der Waals surface area contributed by atoms with Gasteiger partial charge in [0.15, 0.2) is 12.0 Å². The minimum absolute atomic E-state index is 0.249. The molecular weight excluding hydrogens is 304 g/mol. The first-order valence-electron chi connectivity index (χ1n) is 7.45. The number of nitrogens with one attached hydrogen (secondary N) is 2. The van der Waals surface area contributed by atoms with E-state index in [1.165, 1.54) is 6.07 Å². The van der Waals surface area contributed by atoms with Crippen molar-refractivity contribution in [1.82, 2.24) is 20.8 Å². The third-order valence-electron chi connectivity index (χ3n) is 3.39. The number of fused-ring (bicyclic) bond motifs is 1. The van der Waals surface area contributed by atoms with Gasteiger partial charge in [0.05, 0.1) is 0 Å². The number of nitrogens with zero attached hydrogens (tertiary/aromatic N) is 2. The Bertz CT molecular complexity index is 534. The summed E-state index contributed by atoms with van der Waals surface area (Å²) in [5.41, 5.74) is 0.249. The monoisotopic (exact) mass is 324 g/mol. The lowest BCUT2D eigenvalue weighted by Crippen LogP contribution is -2.37. The van der Waals surface area contributed by atoms with Crippen LogP contribution in [0, 0.1) is 5.92 Å². The number of ether oxygens (including phenoxy) is 2. The fraction of sp³-hybridized carbons (Fsp3) is 0.571. The van der Waals surface area contributed by atoms with Crippen molar-refractivity contribution in [1.29, 1.82) is 0 Å². The van der Waals surface area contributed by atoms with E-state index in [1.54, 1.807) is 0 Å². The molecule has 0 saturated carbocycles. The Hall–Kier alpha value is -2.42. The number of piperidine rings is 1. The van der Waals surface area contributed by atoms with Gasteiger partial charge in [0, 0.05) is 12.6 Å². The maximum absolute atomic E-state index is 10.3. The second-order valence-electron chi connectivity index (χ2n) is 5.15. The average molecular weight is 324 g/mol. The predicted molar refractivity (Wildman–Crippen MR) is 80.0 cm³/mol. The summed E-state index contributed by atoms with van der Waals surface area (Å²) >= 11 is 0. The molecule has 3 rings (SSSR count). The molecule has 9 nitrogen and oxygen atoms in total. The fourth-order valence-corrected chi connectivity index (χ4v) is 2.26. The van der Waals surface area contributed by atoms with Crippen LogP contribution >= 0.6 is 0 Å². The summed E-state index contributed by atoms with van der Waals surface area (Å²) in [6.07, 6.45) is 1.99. The molecule has 2 aliphatic rings. The van der Waals surface area contributed by atoms with Crippen molar-refractivity contribution in [2.24, 2.45) is 5.92 Å². The van der Waals surface area contributed by atoms with Gasteiger partial charge in [-0.15, -0.1) is 10.2 Å². The lowest BCUT2D eigenvalue weighted by atomic mass is 10.00. The van der Waals surface area contributed by atoms with E-state index in [9.17, 15) is 9.59 Å². The standard InChI is InChI=1S/C7H6N2O3.C7H14N2O2/c10-4-5-3-6-7(9-8-5)12-2-1-11-6;10-7(11)9-5-6-2-1-3-8-4-6/h3-4H,1-2H2;6,8-9H,1-5H2,(H,10,11)/t;6-/m.1/s1. The summed E-state index contributed by atoms with van der Waals surface area (Å²) < 4.78 is 10.3. The normalized spacial score (nSPS) is 19.0. The highest BCUT2D eigenvalue weighted by molar-refractivity contribution is 5.72. The first kappa shape index (κ1) is 16.9. The Kier molecular flexibility index (Phi) is 6.55. The van der Waals surface area contributed by atoms with E-state index >= 15 is 0 Å². The number of aromatic nitrogens is 2. The lowest BCUT2D eigenvalue weighted by Gasteiger charge is -2.22. The highest BCUT2D eigenvalue weighted by atomic mass is 16.6. The smallest absolute Gasteiger partial charge is 0.404 e. The second-order valence-corrected chi connectivity index (χ2v) is 5.15. The van der Waals surface area contributed by atoms with Gasteiger partial charge in [-0.2, -0.15) is 0 Å². The van der Waals surface area contributed by atoms with E-state index in [0.717, 1.165) is 25.9 Å². The molecule has 126 valence electrons. The highest BCUT2D eigenvalue weighted by Crippen LogP contribution is 2.26. The average Bonchev–Trinajstić information content (AvgIpc) is 2.61. The van der Waals surface area contributed by atoms with Crippen molar-refractivity contribution in [2.45, 2.75) is 12.8 Å². The van der Waals surface area contributed by atoms with E-state index in [1.807, 2.05) is 0 Å². The summed E-state index contributed by atoms with van der Waals surface area (Å²) in [6, 6.07) is 1.51. The van der Waals surface area contributed by atoms with Gasteiger partial charge in [0.2, 0.25) is 0 Å². The van der Waals surface area contributed by atoms with Gasteiger partial charge in [-0.05, 0) is 31.8 Å². The molecule has 1 amide bonds. The molecule has 1 aromatic heterocycles. The summed E-state index contributed by atoms with van der Waals surface area (Å²) in [4.78, 5) is 20.4. The molecule has 23 heavy (non-hydrogen) atoms. The predicted octanol–water partition coefficient (Wildman–Crippen LogP) is 0.314. The van der Waals surface area contributed by atoms with Crippen LogP contribution in [0.1, 0.15) is 23.3 Å². The van der Waals surface area contributed by atoms with Crippen molar-refractivity contribution >= 4 is 12.4 Å². The van der Waals surface area contributed by atoms with Crippen LogP contribution in [0.15, 0.2) is 6.07 Å². The summed E-state index contributed by atoms with van der Waals surface area (Å²) in [7, 11) is 0. The molecular formula is C14H20N4O5.